The molecule has 4 aliphatic rings. The number of hydrogen-bond acceptors (Lipinski definition) is 2. The summed E-state index contributed by atoms with van der Waals surface area (Å²) in [7, 11) is 0. The summed E-state index contributed by atoms with van der Waals surface area (Å²) >= 11 is 0. The second-order valence-corrected chi connectivity index (χ2v) is 11.9. The third kappa shape index (κ3) is 3.21. The lowest BCUT2D eigenvalue weighted by Gasteiger charge is -2.66. The minimum atomic E-state index is -0.384. The van der Waals surface area contributed by atoms with Crippen molar-refractivity contribution in [2.75, 3.05) is 0 Å². The highest BCUT2D eigenvalue weighted by Gasteiger charge is 2.64. The van der Waals surface area contributed by atoms with Crippen LogP contribution in [0.1, 0.15) is 92.5 Å². The Morgan fingerprint density at radius 1 is 0.844 bits per heavy atom. The molecule has 32 heavy (non-hydrogen) atoms. The maximum absolute atomic E-state index is 13.8. The van der Waals surface area contributed by atoms with E-state index in [0.29, 0.717) is 17.6 Å². The van der Waals surface area contributed by atoms with Crippen molar-refractivity contribution in [3.63, 3.8) is 0 Å². The first-order valence-corrected chi connectivity index (χ1v) is 12.4. The summed E-state index contributed by atoms with van der Waals surface area (Å²) in [4.78, 5) is 26.2. The quantitative estimate of drug-likeness (QED) is 0.453. The predicted octanol–water partition coefficient (Wildman–Crippen LogP) is 7.27. The molecule has 2 unspecified atom stereocenters. The highest BCUT2D eigenvalue weighted by atomic mass is 16.1. The third-order valence-electron chi connectivity index (χ3n) is 9.30. The van der Waals surface area contributed by atoms with Crippen LogP contribution < -0.4 is 0 Å². The predicted molar refractivity (Wildman–Crippen MR) is 129 cm³/mol. The van der Waals surface area contributed by atoms with Crippen LogP contribution in [0.4, 0.5) is 0 Å². The maximum Gasteiger partial charge on any atom is 0.169 e. The first-order chi connectivity index (χ1) is 15.2. The maximum atomic E-state index is 13.8. The molecule has 4 saturated carbocycles. The molecule has 0 heterocycles. The van der Waals surface area contributed by atoms with Crippen LogP contribution in [-0.2, 0) is 5.41 Å². The minimum absolute atomic E-state index is 0.0217. The largest absolute Gasteiger partial charge is 0.294 e. The van der Waals surface area contributed by atoms with E-state index in [1.54, 1.807) is 0 Å². The summed E-state index contributed by atoms with van der Waals surface area (Å²) in [5, 5.41) is 0. The van der Waals surface area contributed by atoms with Gasteiger partial charge in [0, 0.05) is 22.5 Å². The molecule has 6 rings (SSSR count). The number of rotatable bonds is 6. The minimum Gasteiger partial charge on any atom is -0.294 e. The van der Waals surface area contributed by atoms with Crippen molar-refractivity contribution in [3.05, 3.63) is 71.3 Å². The molecule has 168 valence electrons. The molecule has 4 bridgehead atoms. The van der Waals surface area contributed by atoms with Crippen molar-refractivity contribution in [3.8, 4) is 0 Å². The average molecular weight is 429 g/mol. The Morgan fingerprint density at radius 3 is 2.00 bits per heavy atom. The molecular weight excluding hydrogens is 392 g/mol. The zero-order chi connectivity index (χ0) is 22.7. The summed E-state index contributed by atoms with van der Waals surface area (Å²) in [5.41, 5.74) is 2.87. The van der Waals surface area contributed by atoms with Gasteiger partial charge in [0.25, 0.3) is 0 Å². The Balaban J connectivity index is 1.51. The third-order valence-corrected chi connectivity index (χ3v) is 9.30. The van der Waals surface area contributed by atoms with Gasteiger partial charge in [0.05, 0.1) is 0 Å². The Bertz CT molecular complexity index is 1010. The van der Waals surface area contributed by atoms with Crippen LogP contribution in [0.5, 0.6) is 0 Å². The van der Waals surface area contributed by atoms with Gasteiger partial charge in [0.15, 0.2) is 11.6 Å². The van der Waals surface area contributed by atoms with Gasteiger partial charge in [-0.3, -0.25) is 9.59 Å². The smallest absolute Gasteiger partial charge is 0.169 e. The van der Waals surface area contributed by atoms with Crippen LogP contribution in [-0.4, -0.2) is 11.6 Å². The van der Waals surface area contributed by atoms with E-state index < -0.39 is 0 Å². The Kier molecular flexibility index (Phi) is 5.00. The fourth-order valence-corrected chi connectivity index (χ4v) is 7.84. The number of carbonyl (C=O) groups excluding carboxylic acids is 2. The van der Waals surface area contributed by atoms with Gasteiger partial charge in [-0.15, -0.1) is 0 Å². The average Bonchev–Trinajstić information content (AvgIpc) is 2.77. The van der Waals surface area contributed by atoms with Gasteiger partial charge in [-0.05, 0) is 66.8 Å². The SMILES string of the molecule is CC(C)C(=O)c1ccc(C23C[C@H]4C[C@@H](C2)CC(C(C)(C)C(=O)c2ccccc2)(C4)C3)cc1. The van der Waals surface area contributed by atoms with Crippen LogP contribution in [0.3, 0.4) is 0 Å². The van der Waals surface area contributed by atoms with Crippen molar-refractivity contribution in [2.45, 2.75) is 71.6 Å². The van der Waals surface area contributed by atoms with Crippen LogP contribution in [0, 0.1) is 28.6 Å². The van der Waals surface area contributed by atoms with Crippen molar-refractivity contribution >= 4 is 11.6 Å². The zero-order valence-corrected chi connectivity index (χ0v) is 20.0. The van der Waals surface area contributed by atoms with E-state index in [2.05, 4.69) is 26.0 Å². The van der Waals surface area contributed by atoms with Gasteiger partial charge in [-0.2, -0.15) is 0 Å². The van der Waals surface area contributed by atoms with E-state index in [1.165, 1.54) is 37.7 Å². The van der Waals surface area contributed by atoms with Gasteiger partial charge in [-0.25, -0.2) is 0 Å². The number of carbonyl (C=O) groups is 2. The van der Waals surface area contributed by atoms with Crippen molar-refractivity contribution < 1.29 is 9.59 Å². The normalized spacial score (nSPS) is 31.2. The Hall–Kier alpha value is -2.22. The van der Waals surface area contributed by atoms with E-state index in [0.717, 1.165) is 17.5 Å². The summed E-state index contributed by atoms with van der Waals surface area (Å²) in [6, 6.07) is 18.4. The molecule has 2 heteroatoms. The molecule has 0 aliphatic heterocycles. The molecule has 2 aromatic carbocycles. The van der Waals surface area contributed by atoms with E-state index in [4.69, 9.17) is 0 Å². The second-order valence-electron chi connectivity index (χ2n) is 11.9. The van der Waals surface area contributed by atoms with Crippen LogP contribution >= 0.6 is 0 Å². The summed E-state index contributed by atoms with van der Waals surface area (Å²) in [6.45, 7) is 8.36. The van der Waals surface area contributed by atoms with Gasteiger partial charge in [-0.1, -0.05) is 82.3 Å². The molecule has 4 fully saturated rings. The number of hydrogen-bond donors (Lipinski definition) is 0. The first kappa shape index (κ1) is 21.6. The van der Waals surface area contributed by atoms with Gasteiger partial charge in [0.1, 0.15) is 0 Å². The molecule has 0 N–H and O–H groups in total. The first-order valence-electron chi connectivity index (χ1n) is 12.4. The molecule has 4 atom stereocenters. The summed E-state index contributed by atoms with van der Waals surface area (Å²) in [6.07, 6.45) is 7.25. The second kappa shape index (κ2) is 7.40. The molecule has 0 spiro atoms. The van der Waals surface area contributed by atoms with E-state index in [-0.39, 0.29) is 27.9 Å². The topological polar surface area (TPSA) is 34.1 Å². The van der Waals surface area contributed by atoms with Crippen LogP contribution in [0.25, 0.3) is 0 Å². The number of benzene rings is 2. The van der Waals surface area contributed by atoms with Crippen molar-refractivity contribution in [1.82, 2.24) is 0 Å². The lowest BCUT2D eigenvalue weighted by molar-refractivity contribution is -0.119. The van der Waals surface area contributed by atoms with E-state index in [9.17, 15) is 9.59 Å². The highest BCUT2D eigenvalue weighted by molar-refractivity contribution is 6.00. The van der Waals surface area contributed by atoms with Crippen LogP contribution in [0.15, 0.2) is 54.6 Å². The molecule has 0 saturated heterocycles. The molecule has 2 nitrogen and oxygen atoms in total. The fraction of sp³-hybridized carbons (Fsp3) is 0.533. The van der Waals surface area contributed by atoms with Gasteiger partial charge in [0.2, 0.25) is 0 Å². The fourth-order valence-electron chi connectivity index (χ4n) is 7.84. The number of Topliss-reactive ketones (excluding diaryl/α,β-unsaturated/α-hetero) is 2. The molecular formula is C30H36O2. The monoisotopic (exact) mass is 428 g/mol. The van der Waals surface area contributed by atoms with E-state index in [1.807, 2.05) is 56.3 Å². The van der Waals surface area contributed by atoms with Crippen molar-refractivity contribution in [2.24, 2.45) is 28.6 Å². The van der Waals surface area contributed by atoms with Crippen LogP contribution in [0.2, 0.25) is 0 Å². The Labute approximate surface area is 192 Å². The molecule has 0 amide bonds. The van der Waals surface area contributed by atoms with Gasteiger partial charge >= 0.3 is 0 Å². The lowest BCUT2D eigenvalue weighted by atomic mass is 9.37. The molecule has 0 aromatic heterocycles. The Morgan fingerprint density at radius 2 is 1.44 bits per heavy atom. The van der Waals surface area contributed by atoms with E-state index >= 15 is 0 Å². The zero-order valence-electron chi connectivity index (χ0n) is 20.0. The highest BCUT2D eigenvalue weighted by Crippen LogP contribution is 2.70. The molecule has 0 radical (unpaired) electrons. The lowest BCUT2D eigenvalue weighted by Crippen LogP contribution is -2.60. The molecule has 4 aliphatic carbocycles. The summed E-state index contributed by atoms with van der Waals surface area (Å²) in [5.74, 6) is 1.95. The number of ketones is 2. The van der Waals surface area contributed by atoms with Gasteiger partial charge < -0.3 is 0 Å². The van der Waals surface area contributed by atoms with Crippen molar-refractivity contribution in [1.29, 1.82) is 0 Å². The molecule has 2 aromatic rings. The standard InChI is InChI=1S/C30H36O2/c1-20(2)26(31)23-10-12-25(13-11-23)29-15-21-14-22(16-29)18-30(17-21,19-29)28(3,4)27(32)24-8-6-5-7-9-24/h5-13,20-22H,14-19H2,1-4H3/t21-,22+,29?,30?. The summed E-state index contributed by atoms with van der Waals surface area (Å²) < 4.78 is 0.